The summed E-state index contributed by atoms with van der Waals surface area (Å²) in [6.45, 7) is 0. The standard InChI is InChI=1S/C9H9NO2/c11-7-5-8(6-7)12-9-3-1-2-4-10-9/h1-4,8H,5-6H2. The first-order valence-electron chi connectivity index (χ1n) is 3.94. The van der Waals surface area contributed by atoms with E-state index < -0.39 is 0 Å². The lowest BCUT2D eigenvalue weighted by Crippen LogP contribution is -2.33. The topological polar surface area (TPSA) is 39.2 Å². The Hall–Kier alpha value is -1.38. The van der Waals surface area contributed by atoms with E-state index in [-0.39, 0.29) is 11.9 Å². The lowest BCUT2D eigenvalue weighted by molar-refractivity contribution is -0.129. The van der Waals surface area contributed by atoms with Crippen LogP contribution in [0.15, 0.2) is 24.4 Å². The molecule has 3 nitrogen and oxygen atoms in total. The fraction of sp³-hybridized carbons (Fsp3) is 0.333. The molecule has 1 aliphatic rings. The summed E-state index contributed by atoms with van der Waals surface area (Å²) >= 11 is 0. The third-order valence-electron chi connectivity index (χ3n) is 1.84. The number of hydrogen-bond donors (Lipinski definition) is 0. The molecular formula is C9H9NO2. The monoisotopic (exact) mass is 163 g/mol. The summed E-state index contributed by atoms with van der Waals surface area (Å²) < 4.78 is 5.39. The molecule has 1 aliphatic carbocycles. The van der Waals surface area contributed by atoms with Gasteiger partial charge >= 0.3 is 0 Å². The van der Waals surface area contributed by atoms with Crippen LogP contribution in [0, 0.1) is 0 Å². The molecular weight excluding hydrogens is 154 g/mol. The molecule has 0 aromatic carbocycles. The van der Waals surface area contributed by atoms with E-state index in [4.69, 9.17) is 4.74 Å². The molecule has 0 N–H and O–H groups in total. The number of pyridine rings is 1. The molecule has 0 unspecified atom stereocenters. The van der Waals surface area contributed by atoms with Crippen molar-refractivity contribution in [1.29, 1.82) is 0 Å². The molecule has 0 radical (unpaired) electrons. The first-order valence-corrected chi connectivity index (χ1v) is 3.94. The summed E-state index contributed by atoms with van der Waals surface area (Å²) in [4.78, 5) is 14.6. The quantitative estimate of drug-likeness (QED) is 0.657. The lowest BCUT2D eigenvalue weighted by Gasteiger charge is -2.24. The van der Waals surface area contributed by atoms with Crippen molar-refractivity contribution in [2.45, 2.75) is 18.9 Å². The second-order valence-corrected chi connectivity index (χ2v) is 2.85. The van der Waals surface area contributed by atoms with Crippen LogP contribution < -0.4 is 4.74 Å². The number of nitrogens with zero attached hydrogens (tertiary/aromatic N) is 1. The van der Waals surface area contributed by atoms with Crippen LogP contribution in [-0.4, -0.2) is 16.9 Å². The summed E-state index contributed by atoms with van der Waals surface area (Å²) in [6, 6.07) is 5.49. The Morgan fingerprint density at radius 1 is 1.42 bits per heavy atom. The second kappa shape index (κ2) is 2.93. The van der Waals surface area contributed by atoms with Gasteiger partial charge in [0.15, 0.2) is 0 Å². The van der Waals surface area contributed by atoms with Crippen molar-refractivity contribution in [2.24, 2.45) is 0 Å². The minimum Gasteiger partial charge on any atom is -0.473 e. The largest absolute Gasteiger partial charge is 0.473 e. The van der Waals surface area contributed by atoms with Crippen molar-refractivity contribution in [1.82, 2.24) is 4.98 Å². The summed E-state index contributed by atoms with van der Waals surface area (Å²) in [5.41, 5.74) is 0. The van der Waals surface area contributed by atoms with Gasteiger partial charge in [-0.25, -0.2) is 4.98 Å². The Bertz CT molecular complexity index is 276. The molecule has 0 aliphatic heterocycles. The molecule has 12 heavy (non-hydrogen) atoms. The van der Waals surface area contributed by atoms with Gasteiger partial charge in [-0.15, -0.1) is 0 Å². The highest BCUT2D eigenvalue weighted by molar-refractivity contribution is 5.85. The zero-order valence-corrected chi connectivity index (χ0v) is 6.56. The fourth-order valence-corrected chi connectivity index (χ4v) is 1.12. The van der Waals surface area contributed by atoms with Gasteiger partial charge in [-0.05, 0) is 6.07 Å². The van der Waals surface area contributed by atoms with E-state index in [0.717, 1.165) is 0 Å². The number of ketones is 1. The van der Waals surface area contributed by atoms with Crippen LogP contribution in [0.5, 0.6) is 5.88 Å². The molecule has 0 spiro atoms. The number of Topliss-reactive ketones (excluding diaryl/α,β-unsaturated/α-hetero) is 1. The van der Waals surface area contributed by atoms with Crippen LogP contribution in [-0.2, 0) is 4.79 Å². The van der Waals surface area contributed by atoms with Gasteiger partial charge in [-0.2, -0.15) is 0 Å². The molecule has 1 aromatic rings. The Kier molecular flexibility index (Phi) is 1.78. The number of hydrogen-bond acceptors (Lipinski definition) is 3. The Morgan fingerprint density at radius 2 is 2.25 bits per heavy atom. The first-order chi connectivity index (χ1) is 5.84. The van der Waals surface area contributed by atoms with Gasteiger partial charge in [-0.3, -0.25) is 4.79 Å². The van der Waals surface area contributed by atoms with E-state index in [1.54, 1.807) is 12.3 Å². The van der Waals surface area contributed by atoms with Crippen LogP contribution in [0.2, 0.25) is 0 Å². The third-order valence-corrected chi connectivity index (χ3v) is 1.84. The summed E-state index contributed by atoms with van der Waals surface area (Å²) in [6.07, 6.45) is 2.82. The summed E-state index contributed by atoms with van der Waals surface area (Å²) in [5.74, 6) is 0.880. The Balaban J connectivity index is 1.92. The van der Waals surface area contributed by atoms with Gasteiger partial charge in [0.25, 0.3) is 0 Å². The highest BCUT2D eigenvalue weighted by atomic mass is 16.5. The van der Waals surface area contributed by atoms with Crippen molar-refractivity contribution in [2.75, 3.05) is 0 Å². The molecule has 1 fully saturated rings. The maximum Gasteiger partial charge on any atom is 0.213 e. The van der Waals surface area contributed by atoms with E-state index in [2.05, 4.69) is 4.98 Å². The molecule has 2 rings (SSSR count). The van der Waals surface area contributed by atoms with Crippen LogP contribution in [0.25, 0.3) is 0 Å². The van der Waals surface area contributed by atoms with Gasteiger partial charge in [0.05, 0.1) is 0 Å². The van der Waals surface area contributed by atoms with Crippen LogP contribution in [0.3, 0.4) is 0 Å². The number of rotatable bonds is 2. The summed E-state index contributed by atoms with van der Waals surface area (Å²) in [7, 11) is 0. The molecule has 0 saturated heterocycles. The third kappa shape index (κ3) is 1.44. The van der Waals surface area contributed by atoms with E-state index in [0.29, 0.717) is 18.7 Å². The number of carbonyl (C=O) groups excluding carboxylic acids is 1. The van der Waals surface area contributed by atoms with Gasteiger partial charge in [0, 0.05) is 25.1 Å². The van der Waals surface area contributed by atoms with Crippen LogP contribution in [0.4, 0.5) is 0 Å². The maximum atomic E-state index is 10.6. The van der Waals surface area contributed by atoms with E-state index in [1.807, 2.05) is 12.1 Å². The molecule has 0 amide bonds. The van der Waals surface area contributed by atoms with E-state index in [9.17, 15) is 4.79 Å². The normalized spacial score (nSPS) is 17.2. The van der Waals surface area contributed by atoms with Gasteiger partial charge in [0.2, 0.25) is 5.88 Å². The van der Waals surface area contributed by atoms with Crippen molar-refractivity contribution in [3.05, 3.63) is 24.4 Å². The molecule has 0 bridgehead atoms. The molecule has 1 heterocycles. The van der Waals surface area contributed by atoms with Crippen molar-refractivity contribution in [3.8, 4) is 5.88 Å². The average molecular weight is 163 g/mol. The zero-order chi connectivity index (χ0) is 8.39. The zero-order valence-electron chi connectivity index (χ0n) is 6.56. The van der Waals surface area contributed by atoms with Crippen molar-refractivity contribution < 1.29 is 9.53 Å². The Labute approximate surface area is 70.4 Å². The van der Waals surface area contributed by atoms with Crippen LogP contribution >= 0.6 is 0 Å². The molecule has 0 atom stereocenters. The van der Waals surface area contributed by atoms with Gasteiger partial charge < -0.3 is 4.74 Å². The molecule has 3 heteroatoms. The average Bonchev–Trinajstić information content (AvgIpc) is 2.04. The number of ether oxygens (including phenoxy) is 1. The van der Waals surface area contributed by atoms with Gasteiger partial charge in [0.1, 0.15) is 11.9 Å². The number of carbonyl (C=O) groups is 1. The van der Waals surface area contributed by atoms with E-state index in [1.165, 1.54) is 0 Å². The SMILES string of the molecule is O=C1CC(Oc2ccccn2)C1. The summed E-state index contributed by atoms with van der Waals surface area (Å²) in [5, 5.41) is 0. The lowest BCUT2D eigenvalue weighted by atomic mass is 9.94. The minimum atomic E-state index is 0.0624. The number of aromatic nitrogens is 1. The second-order valence-electron chi connectivity index (χ2n) is 2.85. The predicted octanol–water partition coefficient (Wildman–Crippen LogP) is 1.19. The van der Waals surface area contributed by atoms with Gasteiger partial charge in [-0.1, -0.05) is 6.07 Å². The smallest absolute Gasteiger partial charge is 0.213 e. The van der Waals surface area contributed by atoms with E-state index >= 15 is 0 Å². The van der Waals surface area contributed by atoms with Crippen molar-refractivity contribution in [3.63, 3.8) is 0 Å². The Morgan fingerprint density at radius 3 is 2.83 bits per heavy atom. The molecule has 1 aromatic heterocycles. The van der Waals surface area contributed by atoms with Crippen molar-refractivity contribution >= 4 is 5.78 Å². The molecule has 62 valence electrons. The maximum absolute atomic E-state index is 10.6. The molecule has 1 saturated carbocycles. The minimum absolute atomic E-state index is 0.0624. The first kappa shape index (κ1) is 7.28. The predicted molar refractivity (Wildman–Crippen MR) is 42.9 cm³/mol. The van der Waals surface area contributed by atoms with Crippen LogP contribution in [0.1, 0.15) is 12.8 Å². The highest BCUT2D eigenvalue weighted by Crippen LogP contribution is 2.20. The fourth-order valence-electron chi connectivity index (χ4n) is 1.12. The highest BCUT2D eigenvalue weighted by Gasteiger charge is 2.28.